The zero-order valence-electron chi connectivity index (χ0n) is 8.58. The SMILES string of the molecule is CC(C)c1cc(C(=O)O)c2n1CCC2. The van der Waals surface area contributed by atoms with Gasteiger partial charge < -0.3 is 9.67 Å². The Morgan fingerprint density at radius 3 is 2.86 bits per heavy atom. The van der Waals surface area contributed by atoms with E-state index in [2.05, 4.69) is 18.4 Å². The van der Waals surface area contributed by atoms with Gasteiger partial charge in [0.25, 0.3) is 0 Å². The van der Waals surface area contributed by atoms with Crippen LogP contribution in [0.1, 0.15) is 47.9 Å². The van der Waals surface area contributed by atoms with Crippen LogP contribution >= 0.6 is 0 Å². The predicted molar refractivity (Wildman–Crippen MR) is 53.8 cm³/mol. The Bertz CT molecular complexity index is 377. The Balaban J connectivity index is 2.55. The van der Waals surface area contributed by atoms with Crippen molar-refractivity contribution in [2.75, 3.05) is 0 Å². The van der Waals surface area contributed by atoms with Crippen LogP contribution in [0.5, 0.6) is 0 Å². The topological polar surface area (TPSA) is 42.2 Å². The number of aromatic nitrogens is 1. The van der Waals surface area contributed by atoms with Crippen LogP contribution in [-0.2, 0) is 13.0 Å². The predicted octanol–water partition coefficient (Wildman–Crippen LogP) is 2.26. The minimum Gasteiger partial charge on any atom is -0.478 e. The van der Waals surface area contributed by atoms with Gasteiger partial charge in [0.2, 0.25) is 0 Å². The smallest absolute Gasteiger partial charge is 0.337 e. The molecule has 1 aromatic rings. The van der Waals surface area contributed by atoms with Crippen LogP contribution in [0.25, 0.3) is 0 Å². The summed E-state index contributed by atoms with van der Waals surface area (Å²) < 4.78 is 2.17. The molecule has 0 saturated carbocycles. The van der Waals surface area contributed by atoms with Crippen LogP contribution in [0, 0.1) is 0 Å². The number of carboxylic acid groups (broad SMARTS) is 1. The summed E-state index contributed by atoms with van der Waals surface area (Å²) in [5.41, 5.74) is 2.68. The molecule has 1 aliphatic rings. The molecule has 2 rings (SSSR count). The van der Waals surface area contributed by atoms with Gasteiger partial charge in [-0.15, -0.1) is 0 Å². The van der Waals surface area contributed by atoms with Gasteiger partial charge in [-0.3, -0.25) is 0 Å². The first-order valence-corrected chi connectivity index (χ1v) is 5.07. The summed E-state index contributed by atoms with van der Waals surface area (Å²) in [4.78, 5) is 11.0. The summed E-state index contributed by atoms with van der Waals surface area (Å²) in [6.07, 6.45) is 1.99. The van der Waals surface area contributed by atoms with Gasteiger partial charge in [0.1, 0.15) is 0 Å². The van der Waals surface area contributed by atoms with Crippen LogP contribution in [0.15, 0.2) is 6.07 Å². The molecule has 3 nitrogen and oxygen atoms in total. The van der Waals surface area contributed by atoms with E-state index in [0.29, 0.717) is 11.5 Å². The number of fused-ring (bicyclic) bond motifs is 1. The molecule has 1 N–H and O–H groups in total. The first-order chi connectivity index (χ1) is 6.61. The van der Waals surface area contributed by atoms with Gasteiger partial charge in [-0.25, -0.2) is 4.79 Å². The van der Waals surface area contributed by atoms with E-state index >= 15 is 0 Å². The normalized spacial score (nSPS) is 14.8. The number of aromatic carboxylic acids is 1. The molecular formula is C11H15NO2. The second-order valence-corrected chi connectivity index (χ2v) is 4.14. The number of hydrogen-bond donors (Lipinski definition) is 1. The number of hydrogen-bond acceptors (Lipinski definition) is 1. The minimum absolute atomic E-state index is 0.403. The van der Waals surface area contributed by atoms with Crippen LogP contribution in [0.3, 0.4) is 0 Å². The lowest BCUT2D eigenvalue weighted by molar-refractivity contribution is 0.0696. The van der Waals surface area contributed by atoms with Crippen molar-refractivity contribution in [3.05, 3.63) is 23.0 Å². The van der Waals surface area contributed by atoms with E-state index in [1.807, 2.05) is 6.07 Å². The van der Waals surface area contributed by atoms with Gasteiger partial charge in [0, 0.05) is 17.9 Å². The minimum atomic E-state index is -0.789. The van der Waals surface area contributed by atoms with E-state index in [1.54, 1.807) is 0 Å². The molecule has 14 heavy (non-hydrogen) atoms. The van der Waals surface area contributed by atoms with Crippen molar-refractivity contribution in [3.63, 3.8) is 0 Å². The van der Waals surface area contributed by atoms with Crippen molar-refractivity contribution in [2.45, 2.75) is 39.2 Å². The van der Waals surface area contributed by atoms with Crippen molar-refractivity contribution in [1.29, 1.82) is 0 Å². The fraction of sp³-hybridized carbons (Fsp3) is 0.545. The first kappa shape index (κ1) is 9.31. The fourth-order valence-corrected chi connectivity index (χ4v) is 2.21. The van der Waals surface area contributed by atoms with Crippen molar-refractivity contribution in [1.82, 2.24) is 4.57 Å². The molecule has 2 heterocycles. The highest BCUT2D eigenvalue weighted by molar-refractivity contribution is 5.89. The molecule has 0 aromatic carbocycles. The van der Waals surface area contributed by atoms with Gasteiger partial charge in [0.05, 0.1) is 5.56 Å². The largest absolute Gasteiger partial charge is 0.478 e. The zero-order chi connectivity index (χ0) is 10.3. The molecule has 0 radical (unpaired) electrons. The van der Waals surface area contributed by atoms with Gasteiger partial charge in [-0.05, 0) is 24.8 Å². The standard InChI is InChI=1S/C11H15NO2/c1-7(2)10-6-8(11(13)14)9-4-3-5-12(9)10/h6-7H,3-5H2,1-2H3,(H,13,14). The lowest BCUT2D eigenvalue weighted by Gasteiger charge is -2.08. The van der Waals surface area contributed by atoms with E-state index in [9.17, 15) is 4.79 Å². The summed E-state index contributed by atoms with van der Waals surface area (Å²) in [7, 11) is 0. The summed E-state index contributed by atoms with van der Waals surface area (Å²) in [6.45, 7) is 5.19. The summed E-state index contributed by atoms with van der Waals surface area (Å²) in [6, 6.07) is 1.83. The molecule has 0 unspecified atom stereocenters. The fourth-order valence-electron chi connectivity index (χ4n) is 2.21. The highest BCUT2D eigenvalue weighted by atomic mass is 16.4. The Kier molecular flexibility index (Phi) is 2.10. The maximum absolute atomic E-state index is 11.0. The molecule has 76 valence electrons. The van der Waals surface area contributed by atoms with Gasteiger partial charge in [-0.2, -0.15) is 0 Å². The summed E-state index contributed by atoms with van der Waals surface area (Å²) in [5.74, 6) is -0.387. The van der Waals surface area contributed by atoms with Gasteiger partial charge in [-0.1, -0.05) is 13.8 Å². The van der Waals surface area contributed by atoms with Crippen LogP contribution in [0.4, 0.5) is 0 Å². The molecule has 0 saturated heterocycles. The van der Waals surface area contributed by atoms with Crippen molar-refractivity contribution < 1.29 is 9.90 Å². The maximum Gasteiger partial charge on any atom is 0.337 e. The lowest BCUT2D eigenvalue weighted by Crippen LogP contribution is -2.01. The molecular weight excluding hydrogens is 178 g/mol. The molecule has 1 aliphatic heterocycles. The average Bonchev–Trinajstić information content (AvgIpc) is 2.59. The van der Waals surface area contributed by atoms with Crippen molar-refractivity contribution in [3.8, 4) is 0 Å². The second kappa shape index (κ2) is 3.15. The van der Waals surface area contributed by atoms with E-state index in [1.165, 1.54) is 0 Å². The number of rotatable bonds is 2. The zero-order valence-corrected chi connectivity index (χ0v) is 8.58. The Morgan fingerprint density at radius 1 is 1.57 bits per heavy atom. The van der Waals surface area contributed by atoms with Crippen LogP contribution in [-0.4, -0.2) is 15.6 Å². The monoisotopic (exact) mass is 193 g/mol. The summed E-state index contributed by atoms with van der Waals surface area (Å²) in [5, 5.41) is 9.03. The molecule has 0 amide bonds. The number of carboxylic acids is 1. The van der Waals surface area contributed by atoms with Gasteiger partial charge in [0.15, 0.2) is 0 Å². The highest BCUT2D eigenvalue weighted by Crippen LogP contribution is 2.28. The molecule has 0 aliphatic carbocycles. The molecule has 1 aromatic heterocycles. The Hall–Kier alpha value is -1.25. The number of carbonyl (C=O) groups is 1. The maximum atomic E-state index is 11.0. The molecule has 0 bridgehead atoms. The van der Waals surface area contributed by atoms with Crippen LogP contribution < -0.4 is 0 Å². The third-order valence-corrected chi connectivity index (χ3v) is 2.86. The van der Waals surface area contributed by atoms with Crippen LogP contribution in [0.2, 0.25) is 0 Å². The third kappa shape index (κ3) is 1.24. The van der Waals surface area contributed by atoms with E-state index in [-0.39, 0.29) is 0 Å². The Labute approximate surface area is 83.4 Å². The average molecular weight is 193 g/mol. The third-order valence-electron chi connectivity index (χ3n) is 2.86. The van der Waals surface area contributed by atoms with E-state index in [4.69, 9.17) is 5.11 Å². The molecule has 0 fully saturated rings. The lowest BCUT2D eigenvalue weighted by atomic mass is 10.1. The highest BCUT2D eigenvalue weighted by Gasteiger charge is 2.23. The molecule has 3 heteroatoms. The second-order valence-electron chi connectivity index (χ2n) is 4.14. The number of nitrogens with zero attached hydrogens (tertiary/aromatic N) is 1. The quantitative estimate of drug-likeness (QED) is 0.782. The Morgan fingerprint density at radius 2 is 2.29 bits per heavy atom. The van der Waals surface area contributed by atoms with Crippen molar-refractivity contribution in [2.24, 2.45) is 0 Å². The van der Waals surface area contributed by atoms with E-state index < -0.39 is 5.97 Å². The first-order valence-electron chi connectivity index (χ1n) is 5.07. The summed E-state index contributed by atoms with van der Waals surface area (Å²) >= 11 is 0. The molecule has 0 spiro atoms. The van der Waals surface area contributed by atoms with Crippen molar-refractivity contribution >= 4 is 5.97 Å². The molecule has 0 atom stereocenters. The van der Waals surface area contributed by atoms with E-state index in [0.717, 1.165) is 30.8 Å². The van der Waals surface area contributed by atoms with Gasteiger partial charge >= 0.3 is 5.97 Å².